The molecule has 1 heterocycles. The molecule has 1 saturated heterocycles. The average molecular weight is 244 g/mol. The van der Waals surface area contributed by atoms with E-state index in [4.69, 9.17) is 11.0 Å². The second-order valence-electron chi connectivity index (χ2n) is 4.40. The molecule has 0 spiro atoms. The highest BCUT2D eigenvalue weighted by molar-refractivity contribution is 5.92. The summed E-state index contributed by atoms with van der Waals surface area (Å²) in [4.78, 5) is 13.5. The highest BCUT2D eigenvalue weighted by Gasteiger charge is 2.25. The van der Waals surface area contributed by atoms with E-state index in [1.54, 1.807) is 29.2 Å². The SMILES string of the molecule is N#Cc1ccc(N2CC(CCN)CNC2=O)cc1. The molecule has 18 heavy (non-hydrogen) atoms. The van der Waals surface area contributed by atoms with Crippen molar-refractivity contribution in [3.05, 3.63) is 29.8 Å². The minimum Gasteiger partial charge on any atom is -0.337 e. The molecule has 0 bridgehead atoms. The van der Waals surface area contributed by atoms with Gasteiger partial charge in [-0.3, -0.25) is 4.90 Å². The van der Waals surface area contributed by atoms with Crippen molar-refractivity contribution < 1.29 is 4.79 Å². The molecule has 0 saturated carbocycles. The van der Waals surface area contributed by atoms with Gasteiger partial charge < -0.3 is 11.1 Å². The molecule has 1 unspecified atom stereocenters. The lowest BCUT2D eigenvalue weighted by Gasteiger charge is -2.33. The van der Waals surface area contributed by atoms with Gasteiger partial charge in [0, 0.05) is 18.8 Å². The highest BCUT2D eigenvalue weighted by Crippen LogP contribution is 2.20. The summed E-state index contributed by atoms with van der Waals surface area (Å²) in [6.45, 7) is 1.99. The molecular formula is C13H16N4O. The quantitative estimate of drug-likeness (QED) is 0.833. The summed E-state index contributed by atoms with van der Waals surface area (Å²) < 4.78 is 0. The number of carbonyl (C=O) groups excluding carboxylic acids is 1. The largest absolute Gasteiger partial charge is 0.337 e. The van der Waals surface area contributed by atoms with Gasteiger partial charge in [0.15, 0.2) is 0 Å². The number of benzene rings is 1. The van der Waals surface area contributed by atoms with Gasteiger partial charge in [-0.15, -0.1) is 0 Å². The molecule has 1 fully saturated rings. The molecule has 1 aliphatic heterocycles. The van der Waals surface area contributed by atoms with Crippen LogP contribution >= 0.6 is 0 Å². The second kappa shape index (κ2) is 5.52. The van der Waals surface area contributed by atoms with Crippen LogP contribution < -0.4 is 16.0 Å². The van der Waals surface area contributed by atoms with Crippen molar-refractivity contribution >= 4 is 11.7 Å². The number of nitriles is 1. The zero-order valence-corrected chi connectivity index (χ0v) is 10.1. The Morgan fingerprint density at radius 1 is 1.44 bits per heavy atom. The topological polar surface area (TPSA) is 82.2 Å². The van der Waals surface area contributed by atoms with Crippen LogP contribution in [0.25, 0.3) is 0 Å². The zero-order valence-electron chi connectivity index (χ0n) is 10.1. The number of carbonyl (C=O) groups is 1. The molecular weight excluding hydrogens is 228 g/mol. The van der Waals surface area contributed by atoms with E-state index in [9.17, 15) is 4.79 Å². The van der Waals surface area contributed by atoms with E-state index in [1.807, 2.05) is 0 Å². The van der Waals surface area contributed by atoms with Gasteiger partial charge in [-0.25, -0.2) is 4.79 Å². The normalized spacial score (nSPS) is 19.2. The van der Waals surface area contributed by atoms with Crippen molar-refractivity contribution in [1.29, 1.82) is 5.26 Å². The van der Waals surface area contributed by atoms with E-state index in [0.29, 0.717) is 31.1 Å². The molecule has 0 aromatic heterocycles. The van der Waals surface area contributed by atoms with Gasteiger partial charge >= 0.3 is 6.03 Å². The van der Waals surface area contributed by atoms with E-state index in [-0.39, 0.29) is 6.03 Å². The van der Waals surface area contributed by atoms with Gasteiger partial charge in [0.2, 0.25) is 0 Å². The fourth-order valence-corrected chi connectivity index (χ4v) is 2.10. The maximum atomic E-state index is 11.8. The summed E-state index contributed by atoms with van der Waals surface area (Å²) in [7, 11) is 0. The van der Waals surface area contributed by atoms with Crippen LogP contribution in [0.1, 0.15) is 12.0 Å². The predicted molar refractivity (Wildman–Crippen MR) is 69.1 cm³/mol. The molecule has 5 nitrogen and oxygen atoms in total. The van der Waals surface area contributed by atoms with Crippen molar-refractivity contribution in [3.63, 3.8) is 0 Å². The first kappa shape index (κ1) is 12.4. The number of rotatable bonds is 3. The standard InChI is InChI=1S/C13H16N4O/c14-6-5-11-8-16-13(18)17(9-11)12-3-1-10(7-15)2-4-12/h1-4,11H,5-6,8-9,14H2,(H,16,18). The summed E-state index contributed by atoms with van der Waals surface area (Å²) in [5.74, 6) is 0.378. The summed E-state index contributed by atoms with van der Waals surface area (Å²) in [6.07, 6.45) is 0.896. The monoisotopic (exact) mass is 244 g/mol. The number of hydrogen-bond donors (Lipinski definition) is 2. The van der Waals surface area contributed by atoms with E-state index in [1.165, 1.54) is 0 Å². The third kappa shape index (κ3) is 2.60. The number of nitrogens with one attached hydrogen (secondary N) is 1. The lowest BCUT2D eigenvalue weighted by molar-refractivity contribution is 0.236. The maximum absolute atomic E-state index is 11.8. The highest BCUT2D eigenvalue weighted by atomic mass is 16.2. The third-order valence-electron chi connectivity index (χ3n) is 3.11. The fourth-order valence-electron chi connectivity index (χ4n) is 2.10. The molecule has 3 N–H and O–H groups in total. The fraction of sp³-hybridized carbons (Fsp3) is 0.385. The third-order valence-corrected chi connectivity index (χ3v) is 3.11. The molecule has 5 heteroatoms. The Bertz CT molecular complexity index is 463. The van der Waals surface area contributed by atoms with Crippen LogP contribution in [0.2, 0.25) is 0 Å². The van der Waals surface area contributed by atoms with Crippen molar-refractivity contribution in [3.8, 4) is 6.07 Å². The minimum absolute atomic E-state index is 0.0898. The molecule has 0 radical (unpaired) electrons. The van der Waals surface area contributed by atoms with E-state index < -0.39 is 0 Å². The van der Waals surface area contributed by atoms with Gasteiger partial charge in [0.05, 0.1) is 11.6 Å². The van der Waals surface area contributed by atoms with E-state index >= 15 is 0 Å². The van der Waals surface area contributed by atoms with Crippen molar-refractivity contribution in [2.24, 2.45) is 11.7 Å². The Hall–Kier alpha value is -2.06. The number of urea groups is 1. The molecule has 1 aliphatic rings. The van der Waals surface area contributed by atoms with Crippen LogP contribution in [-0.4, -0.2) is 25.7 Å². The molecule has 2 amide bonds. The Morgan fingerprint density at radius 2 is 2.17 bits per heavy atom. The van der Waals surface area contributed by atoms with Crippen molar-refractivity contribution in [2.45, 2.75) is 6.42 Å². The summed E-state index contributed by atoms with van der Waals surface area (Å²) in [6, 6.07) is 9.00. The van der Waals surface area contributed by atoms with Gasteiger partial charge in [-0.05, 0) is 43.1 Å². The lowest BCUT2D eigenvalue weighted by atomic mass is 10.0. The first-order valence-corrected chi connectivity index (χ1v) is 6.00. The molecule has 1 atom stereocenters. The van der Waals surface area contributed by atoms with E-state index in [2.05, 4.69) is 11.4 Å². The number of hydrogen-bond acceptors (Lipinski definition) is 3. The second-order valence-corrected chi connectivity index (χ2v) is 4.40. The molecule has 2 rings (SSSR count). The van der Waals surface area contributed by atoms with Gasteiger partial charge in [-0.1, -0.05) is 0 Å². The average Bonchev–Trinajstić information content (AvgIpc) is 2.41. The predicted octanol–water partition coefficient (Wildman–Crippen LogP) is 1.05. The molecule has 1 aromatic carbocycles. The van der Waals surface area contributed by atoms with Crippen LogP contribution in [-0.2, 0) is 0 Å². The van der Waals surface area contributed by atoms with Crippen LogP contribution in [0.3, 0.4) is 0 Å². The Morgan fingerprint density at radius 3 is 2.78 bits per heavy atom. The summed E-state index contributed by atoms with van der Waals surface area (Å²) >= 11 is 0. The van der Waals surface area contributed by atoms with Gasteiger partial charge in [0.1, 0.15) is 0 Å². The number of nitrogens with two attached hydrogens (primary N) is 1. The summed E-state index contributed by atoms with van der Waals surface area (Å²) in [5.41, 5.74) is 6.95. The van der Waals surface area contributed by atoms with Gasteiger partial charge in [0.25, 0.3) is 0 Å². The van der Waals surface area contributed by atoms with Crippen molar-refractivity contribution in [1.82, 2.24) is 5.32 Å². The Kier molecular flexibility index (Phi) is 3.80. The molecule has 0 aliphatic carbocycles. The number of nitrogens with zero attached hydrogens (tertiary/aromatic N) is 2. The van der Waals surface area contributed by atoms with Crippen LogP contribution in [0.15, 0.2) is 24.3 Å². The summed E-state index contributed by atoms with van der Waals surface area (Å²) in [5, 5.41) is 11.6. The van der Waals surface area contributed by atoms with Crippen LogP contribution in [0, 0.1) is 17.2 Å². The van der Waals surface area contributed by atoms with E-state index in [0.717, 1.165) is 12.1 Å². The first-order valence-electron chi connectivity index (χ1n) is 6.00. The molecule has 94 valence electrons. The maximum Gasteiger partial charge on any atom is 0.321 e. The van der Waals surface area contributed by atoms with Gasteiger partial charge in [-0.2, -0.15) is 5.26 Å². The zero-order chi connectivity index (χ0) is 13.0. The number of amides is 2. The lowest BCUT2D eigenvalue weighted by Crippen LogP contribution is -2.51. The first-order chi connectivity index (χ1) is 8.74. The Labute approximate surface area is 106 Å². The molecule has 1 aromatic rings. The Balaban J connectivity index is 2.14. The van der Waals surface area contributed by atoms with Crippen LogP contribution in [0.5, 0.6) is 0 Å². The number of anilines is 1. The smallest absolute Gasteiger partial charge is 0.321 e. The van der Waals surface area contributed by atoms with Crippen LogP contribution in [0.4, 0.5) is 10.5 Å². The van der Waals surface area contributed by atoms with Crippen molar-refractivity contribution in [2.75, 3.05) is 24.5 Å². The minimum atomic E-state index is -0.0898.